The molecule has 0 aliphatic carbocycles. The Bertz CT molecular complexity index is 1670. The van der Waals surface area contributed by atoms with Gasteiger partial charge in [-0.05, 0) is 76.2 Å². The number of nitrogens with zero attached hydrogens (tertiary/aromatic N) is 4. The van der Waals surface area contributed by atoms with Crippen LogP contribution >= 0.6 is 0 Å². The van der Waals surface area contributed by atoms with E-state index in [1.165, 1.54) is 6.21 Å². The van der Waals surface area contributed by atoms with Crippen LogP contribution in [0.4, 0.5) is 11.5 Å². The molecule has 3 heterocycles. The lowest BCUT2D eigenvalue weighted by Gasteiger charge is -2.22. The molecule has 5 rings (SSSR count). The van der Waals surface area contributed by atoms with Gasteiger partial charge in [0.15, 0.2) is 11.7 Å². The summed E-state index contributed by atoms with van der Waals surface area (Å²) < 4.78 is 1.71. The van der Waals surface area contributed by atoms with Gasteiger partial charge in [0.05, 0.1) is 23.0 Å². The van der Waals surface area contributed by atoms with Crippen LogP contribution in [-0.4, -0.2) is 48.0 Å². The molecular formula is C28H27N7O3. The summed E-state index contributed by atoms with van der Waals surface area (Å²) in [6.07, 6.45) is 3.09. The van der Waals surface area contributed by atoms with Crippen molar-refractivity contribution in [1.82, 2.24) is 25.0 Å². The zero-order valence-electron chi connectivity index (χ0n) is 21.4. The van der Waals surface area contributed by atoms with Crippen LogP contribution in [0.5, 0.6) is 5.88 Å². The molecule has 2 aromatic carbocycles. The van der Waals surface area contributed by atoms with Crippen LogP contribution in [0, 0.1) is 6.92 Å². The highest BCUT2D eigenvalue weighted by atomic mass is 16.3. The fourth-order valence-corrected chi connectivity index (χ4v) is 4.16. The number of aromatic nitrogens is 5. The Labute approximate surface area is 218 Å². The van der Waals surface area contributed by atoms with Gasteiger partial charge in [-0.1, -0.05) is 0 Å². The molecule has 192 valence electrons. The van der Waals surface area contributed by atoms with E-state index in [0.717, 1.165) is 5.69 Å². The molecule has 3 aromatic heterocycles. The highest BCUT2D eigenvalue weighted by Gasteiger charge is 2.23. The van der Waals surface area contributed by atoms with Crippen LogP contribution < -0.4 is 5.32 Å². The Balaban J connectivity index is 1.36. The lowest BCUT2D eigenvalue weighted by atomic mass is 10.0. The molecule has 0 aliphatic rings. The second-order valence-corrected chi connectivity index (χ2v) is 9.96. The van der Waals surface area contributed by atoms with Gasteiger partial charge in [0.2, 0.25) is 0 Å². The Hall–Kier alpha value is -4.99. The lowest BCUT2D eigenvalue weighted by Crippen LogP contribution is -2.29. The van der Waals surface area contributed by atoms with E-state index in [9.17, 15) is 14.7 Å². The standard InChI is InChI=1S/C28H27N7O3/c1-16-13-23(35(34-16)28(2,3)4)27(38)31-19-8-5-17(6-9-19)25(36)18-7-10-22-20(14-18)21(26(37)32-22)15-29-24-11-12-30-33-24/h5-15,32,37H,1-4H3,(H,30,33)(H,31,38)/b29-15+. The number of rotatable bonds is 6. The first-order valence-electron chi connectivity index (χ1n) is 12.0. The molecule has 38 heavy (non-hydrogen) atoms. The minimum absolute atomic E-state index is 0.0454. The van der Waals surface area contributed by atoms with Crippen molar-refractivity contribution in [2.75, 3.05) is 5.32 Å². The Morgan fingerprint density at radius 1 is 1.05 bits per heavy atom. The van der Waals surface area contributed by atoms with Gasteiger partial charge in [0.25, 0.3) is 5.91 Å². The Kier molecular flexibility index (Phi) is 6.15. The van der Waals surface area contributed by atoms with E-state index in [1.807, 2.05) is 27.7 Å². The topological polar surface area (TPSA) is 141 Å². The molecule has 0 radical (unpaired) electrons. The van der Waals surface area contributed by atoms with Crippen molar-refractivity contribution in [2.45, 2.75) is 33.2 Å². The number of aliphatic imine (C=N–C) groups is 1. The second-order valence-electron chi connectivity index (χ2n) is 9.96. The third-order valence-electron chi connectivity index (χ3n) is 6.00. The summed E-state index contributed by atoms with van der Waals surface area (Å²) in [5, 5.41) is 24.9. The maximum atomic E-state index is 13.2. The molecule has 0 saturated carbocycles. The van der Waals surface area contributed by atoms with Crippen LogP contribution in [-0.2, 0) is 5.54 Å². The molecule has 4 N–H and O–H groups in total. The van der Waals surface area contributed by atoms with Crippen molar-refractivity contribution in [3.63, 3.8) is 0 Å². The number of aromatic amines is 2. The molecule has 1 amide bonds. The van der Waals surface area contributed by atoms with Crippen molar-refractivity contribution in [2.24, 2.45) is 4.99 Å². The van der Waals surface area contributed by atoms with E-state index in [-0.39, 0.29) is 23.1 Å². The SMILES string of the molecule is Cc1cc(C(=O)Nc2ccc(C(=O)c3ccc4[nH]c(O)c(/C=N/c5ccn[nH]5)c4c3)cc2)n(C(C)(C)C)n1. The van der Waals surface area contributed by atoms with E-state index >= 15 is 0 Å². The summed E-state index contributed by atoms with van der Waals surface area (Å²) in [4.78, 5) is 33.4. The number of aromatic hydroxyl groups is 1. The fraction of sp³-hybridized carbons (Fsp3) is 0.179. The van der Waals surface area contributed by atoms with Gasteiger partial charge in [0, 0.05) is 40.0 Å². The number of anilines is 1. The van der Waals surface area contributed by atoms with Gasteiger partial charge in [0.1, 0.15) is 11.5 Å². The molecule has 0 aliphatic heterocycles. The summed E-state index contributed by atoms with van der Waals surface area (Å²) >= 11 is 0. The van der Waals surface area contributed by atoms with Crippen LogP contribution in [0.3, 0.4) is 0 Å². The van der Waals surface area contributed by atoms with Crippen molar-refractivity contribution >= 4 is 40.3 Å². The van der Waals surface area contributed by atoms with E-state index in [0.29, 0.717) is 44.8 Å². The summed E-state index contributed by atoms with van der Waals surface area (Å²) in [7, 11) is 0. The van der Waals surface area contributed by atoms with Gasteiger partial charge < -0.3 is 15.4 Å². The number of benzene rings is 2. The Morgan fingerprint density at radius 2 is 1.79 bits per heavy atom. The quantitative estimate of drug-likeness (QED) is 0.186. The number of aryl methyl sites for hydroxylation is 1. The zero-order chi connectivity index (χ0) is 27.0. The number of carbonyl (C=O) groups is 2. The average molecular weight is 510 g/mol. The number of carbonyl (C=O) groups excluding carboxylic acids is 2. The normalized spacial score (nSPS) is 11.9. The largest absolute Gasteiger partial charge is 0.494 e. The first-order chi connectivity index (χ1) is 18.1. The summed E-state index contributed by atoms with van der Waals surface area (Å²) in [6.45, 7) is 7.80. The average Bonchev–Trinajstić information content (AvgIpc) is 3.61. The number of amides is 1. The third kappa shape index (κ3) is 4.83. The summed E-state index contributed by atoms with van der Waals surface area (Å²) in [6, 6.07) is 15.3. The van der Waals surface area contributed by atoms with Crippen molar-refractivity contribution in [3.8, 4) is 5.88 Å². The number of H-pyrrole nitrogens is 2. The number of fused-ring (bicyclic) bond motifs is 1. The van der Waals surface area contributed by atoms with Gasteiger partial charge in [-0.3, -0.25) is 19.4 Å². The van der Waals surface area contributed by atoms with Crippen molar-refractivity contribution in [3.05, 3.63) is 88.9 Å². The molecule has 10 heteroatoms. The monoisotopic (exact) mass is 509 g/mol. The minimum atomic E-state index is -0.348. The highest BCUT2D eigenvalue weighted by Crippen LogP contribution is 2.28. The predicted molar refractivity (Wildman–Crippen MR) is 146 cm³/mol. The van der Waals surface area contributed by atoms with E-state index in [2.05, 4.69) is 30.6 Å². The molecule has 0 unspecified atom stereocenters. The smallest absolute Gasteiger partial charge is 0.273 e. The zero-order valence-corrected chi connectivity index (χ0v) is 21.4. The number of hydrogen-bond acceptors (Lipinski definition) is 6. The maximum Gasteiger partial charge on any atom is 0.273 e. The lowest BCUT2D eigenvalue weighted by molar-refractivity contribution is 0.100. The molecule has 0 spiro atoms. The van der Waals surface area contributed by atoms with Gasteiger partial charge in [-0.2, -0.15) is 10.2 Å². The summed E-state index contributed by atoms with van der Waals surface area (Å²) in [5.74, 6) is 0.0251. The minimum Gasteiger partial charge on any atom is -0.494 e. The van der Waals surface area contributed by atoms with Crippen molar-refractivity contribution < 1.29 is 14.7 Å². The van der Waals surface area contributed by atoms with E-state index < -0.39 is 0 Å². The highest BCUT2D eigenvalue weighted by molar-refractivity contribution is 6.12. The molecule has 0 bridgehead atoms. The van der Waals surface area contributed by atoms with E-state index in [1.54, 1.807) is 65.5 Å². The molecular weight excluding hydrogens is 482 g/mol. The second kappa shape index (κ2) is 9.47. The number of nitrogens with one attached hydrogen (secondary N) is 3. The van der Waals surface area contributed by atoms with E-state index in [4.69, 9.17) is 0 Å². The third-order valence-corrected chi connectivity index (χ3v) is 6.00. The first kappa shape index (κ1) is 24.7. The van der Waals surface area contributed by atoms with Crippen LogP contribution in [0.25, 0.3) is 10.9 Å². The molecule has 0 fully saturated rings. The number of ketones is 1. The molecule has 0 saturated heterocycles. The summed E-state index contributed by atoms with van der Waals surface area (Å²) in [5.41, 5.74) is 3.49. The fourth-order valence-electron chi connectivity index (χ4n) is 4.16. The van der Waals surface area contributed by atoms with Crippen LogP contribution in [0.15, 0.2) is 65.8 Å². The van der Waals surface area contributed by atoms with Crippen LogP contribution in [0.1, 0.15) is 58.4 Å². The molecule has 0 atom stereocenters. The van der Waals surface area contributed by atoms with Gasteiger partial charge in [-0.25, -0.2) is 4.99 Å². The maximum absolute atomic E-state index is 13.2. The number of hydrogen-bond donors (Lipinski definition) is 4. The first-order valence-corrected chi connectivity index (χ1v) is 12.0. The molecule has 5 aromatic rings. The van der Waals surface area contributed by atoms with Gasteiger partial charge in [-0.15, -0.1) is 0 Å². The van der Waals surface area contributed by atoms with Crippen LogP contribution in [0.2, 0.25) is 0 Å². The van der Waals surface area contributed by atoms with Crippen molar-refractivity contribution in [1.29, 1.82) is 0 Å². The Morgan fingerprint density at radius 3 is 2.47 bits per heavy atom. The molecule has 10 nitrogen and oxygen atoms in total. The van der Waals surface area contributed by atoms with Gasteiger partial charge >= 0.3 is 0 Å². The predicted octanol–water partition coefficient (Wildman–Crippen LogP) is 5.09.